The van der Waals surface area contributed by atoms with Gasteiger partial charge >= 0.3 is 0 Å². The van der Waals surface area contributed by atoms with Crippen LogP contribution in [0.1, 0.15) is 10.4 Å². The minimum absolute atomic E-state index is 0.0534. The monoisotopic (exact) mass is 363 g/mol. The maximum atomic E-state index is 12.5. The van der Waals surface area contributed by atoms with Crippen LogP contribution in [0.4, 0.5) is 0 Å². The highest BCUT2D eigenvalue weighted by Gasteiger charge is 2.25. The van der Waals surface area contributed by atoms with Crippen LogP contribution in [0.15, 0.2) is 42.5 Å². The zero-order chi connectivity index (χ0) is 16.9. The second-order valence-corrected chi connectivity index (χ2v) is 7.90. The van der Waals surface area contributed by atoms with Crippen molar-refractivity contribution in [3.8, 4) is 0 Å². The van der Waals surface area contributed by atoms with E-state index in [4.69, 9.17) is 17.3 Å². The van der Waals surface area contributed by atoms with Crippen molar-refractivity contribution in [2.24, 2.45) is 5.73 Å². The van der Waals surface area contributed by atoms with Crippen LogP contribution in [0.2, 0.25) is 4.34 Å². The van der Waals surface area contributed by atoms with Gasteiger partial charge in [-0.15, -0.1) is 11.3 Å². The maximum Gasteiger partial charge on any atom is 0.239 e. The lowest BCUT2D eigenvalue weighted by atomic mass is 10.1. The van der Waals surface area contributed by atoms with E-state index >= 15 is 0 Å². The Labute approximate surface area is 151 Å². The minimum atomic E-state index is -0.463. The molecule has 2 N–H and O–H groups in total. The third-order valence-corrected chi connectivity index (χ3v) is 5.52. The summed E-state index contributed by atoms with van der Waals surface area (Å²) >= 11 is 7.60. The lowest BCUT2D eigenvalue weighted by Crippen LogP contribution is -2.53. The van der Waals surface area contributed by atoms with Gasteiger partial charge in [0.05, 0.1) is 10.4 Å². The Bertz CT molecular complexity index is 668. The molecule has 128 valence electrons. The molecule has 1 aromatic carbocycles. The summed E-state index contributed by atoms with van der Waals surface area (Å²) in [4.78, 5) is 18.1. The molecule has 1 amide bonds. The summed E-state index contributed by atoms with van der Waals surface area (Å²) in [5.74, 6) is 0.0534. The zero-order valence-electron chi connectivity index (χ0n) is 13.5. The first kappa shape index (κ1) is 17.4. The molecule has 0 unspecified atom stereocenters. The maximum absolute atomic E-state index is 12.5. The molecule has 0 saturated carbocycles. The quantitative estimate of drug-likeness (QED) is 0.888. The molecule has 1 aromatic heterocycles. The van der Waals surface area contributed by atoms with E-state index in [9.17, 15) is 4.79 Å². The van der Waals surface area contributed by atoms with Gasteiger partial charge in [0, 0.05) is 37.6 Å². The minimum Gasteiger partial charge on any atom is -0.339 e. The van der Waals surface area contributed by atoms with Crippen molar-refractivity contribution in [2.75, 3.05) is 26.2 Å². The molecule has 6 heteroatoms. The van der Waals surface area contributed by atoms with Gasteiger partial charge in [0.15, 0.2) is 0 Å². The second kappa shape index (κ2) is 8.12. The molecule has 1 aliphatic rings. The van der Waals surface area contributed by atoms with E-state index in [2.05, 4.69) is 11.0 Å². The largest absolute Gasteiger partial charge is 0.339 e. The Balaban J connectivity index is 1.47. The molecule has 24 heavy (non-hydrogen) atoms. The van der Waals surface area contributed by atoms with Crippen molar-refractivity contribution in [3.63, 3.8) is 0 Å². The summed E-state index contributed by atoms with van der Waals surface area (Å²) < 4.78 is 0.825. The molecule has 2 aromatic rings. The lowest BCUT2D eigenvalue weighted by molar-refractivity contribution is -0.134. The molecule has 2 heterocycles. The van der Waals surface area contributed by atoms with Gasteiger partial charge < -0.3 is 10.6 Å². The Morgan fingerprint density at radius 1 is 1.12 bits per heavy atom. The number of carbonyl (C=O) groups excluding carboxylic acids is 1. The summed E-state index contributed by atoms with van der Waals surface area (Å²) in [5.41, 5.74) is 7.23. The Hall–Kier alpha value is -1.40. The van der Waals surface area contributed by atoms with Crippen LogP contribution in [0, 0.1) is 0 Å². The first-order valence-electron chi connectivity index (χ1n) is 8.16. The average Bonchev–Trinajstić information content (AvgIpc) is 3.00. The molecule has 0 bridgehead atoms. The van der Waals surface area contributed by atoms with Crippen molar-refractivity contribution in [3.05, 3.63) is 57.2 Å². The van der Waals surface area contributed by atoms with Crippen LogP contribution >= 0.6 is 22.9 Å². The van der Waals surface area contributed by atoms with Crippen molar-refractivity contribution < 1.29 is 4.79 Å². The SMILES string of the molecule is N[C@@H](Cc1ccccc1)C(=O)N1CCN(Cc2ccc(Cl)s2)CC1. The van der Waals surface area contributed by atoms with E-state index in [0.717, 1.165) is 42.6 Å². The van der Waals surface area contributed by atoms with E-state index in [-0.39, 0.29) is 5.91 Å². The highest BCUT2D eigenvalue weighted by molar-refractivity contribution is 7.16. The zero-order valence-corrected chi connectivity index (χ0v) is 15.1. The van der Waals surface area contributed by atoms with E-state index in [1.165, 1.54) is 4.88 Å². The first-order chi connectivity index (χ1) is 11.6. The number of piperazine rings is 1. The number of nitrogens with two attached hydrogens (primary N) is 1. The molecule has 0 radical (unpaired) electrons. The summed E-state index contributed by atoms with van der Waals surface area (Å²) in [5, 5.41) is 0. The third kappa shape index (κ3) is 4.57. The number of hydrogen-bond donors (Lipinski definition) is 1. The number of amides is 1. The van der Waals surface area contributed by atoms with Crippen molar-refractivity contribution in [1.29, 1.82) is 0 Å². The smallest absolute Gasteiger partial charge is 0.239 e. The number of benzene rings is 1. The van der Waals surface area contributed by atoms with Gasteiger partial charge in [-0.2, -0.15) is 0 Å². The summed E-state index contributed by atoms with van der Waals surface area (Å²) in [6.45, 7) is 4.12. The fourth-order valence-electron chi connectivity index (χ4n) is 2.97. The van der Waals surface area contributed by atoms with Crippen LogP contribution in [0.3, 0.4) is 0 Å². The van der Waals surface area contributed by atoms with E-state index in [0.29, 0.717) is 6.42 Å². The number of rotatable bonds is 5. The topological polar surface area (TPSA) is 49.6 Å². The number of thiophene rings is 1. The van der Waals surface area contributed by atoms with Crippen molar-refractivity contribution in [2.45, 2.75) is 19.0 Å². The predicted octanol–water partition coefficient (Wildman–Crippen LogP) is 2.62. The highest BCUT2D eigenvalue weighted by atomic mass is 35.5. The van der Waals surface area contributed by atoms with E-state index in [1.54, 1.807) is 11.3 Å². The molecule has 1 aliphatic heterocycles. The Morgan fingerprint density at radius 2 is 1.83 bits per heavy atom. The van der Waals surface area contributed by atoms with Gasteiger partial charge in [0.1, 0.15) is 0 Å². The van der Waals surface area contributed by atoms with E-state index in [1.807, 2.05) is 41.3 Å². The first-order valence-corrected chi connectivity index (χ1v) is 9.36. The van der Waals surface area contributed by atoms with Crippen LogP contribution < -0.4 is 5.73 Å². The molecule has 0 aliphatic carbocycles. The Kier molecular flexibility index (Phi) is 5.89. The van der Waals surface area contributed by atoms with Crippen LogP contribution in [-0.2, 0) is 17.8 Å². The van der Waals surface area contributed by atoms with Gasteiger partial charge in [-0.25, -0.2) is 0 Å². The fraction of sp³-hybridized carbons (Fsp3) is 0.389. The predicted molar refractivity (Wildman–Crippen MR) is 99.3 cm³/mol. The summed E-state index contributed by atoms with van der Waals surface area (Å²) in [7, 11) is 0. The molecule has 3 rings (SSSR count). The van der Waals surface area contributed by atoms with Gasteiger partial charge in [0.25, 0.3) is 0 Å². The van der Waals surface area contributed by atoms with Gasteiger partial charge in [0.2, 0.25) is 5.91 Å². The molecule has 4 nitrogen and oxygen atoms in total. The number of halogens is 1. The van der Waals surface area contributed by atoms with E-state index < -0.39 is 6.04 Å². The summed E-state index contributed by atoms with van der Waals surface area (Å²) in [6.07, 6.45) is 0.591. The average molecular weight is 364 g/mol. The number of carbonyl (C=O) groups is 1. The normalized spacial score (nSPS) is 17.0. The third-order valence-electron chi connectivity index (χ3n) is 4.31. The van der Waals surface area contributed by atoms with Gasteiger partial charge in [-0.3, -0.25) is 9.69 Å². The number of hydrogen-bond acceptors (Lipinski definition) is 4. The van der Waals surface area contributed by atoms with Gasteiger partial charge in [-0.1, -0.05) is 41.9 Å². The highest BCUT2D eigenvalue weighted by Crippen LogP contribution is 2.23. The molecular formula is C18H22ClN3OS. The fourth-order valence-corrected chi connectivity index (χ4v) is 4.10. The van der Waals surface area contributed by atoms with Crippen molar-refractivity contribution in [1.82, 2.24) is 9.80 Å². The lowest BCUT2D eigenvalue weighted by Gasteiger charge is -2.35. The number of nitrogens with zero attached hydrogens (tertiary/aromatic N) is 2. The molecular weight excluding hydrogens is 342 g/mol. The van der Waals surface area contributed by atoms with Crippen molar-refractivity contribution >= 4 is 28.8 Å². The second-order valence-electron chi connectivity index (χ2n) is 6.10. The molecule has 1 saturated heterocycles. The van der Waals surface area contributed by atoms with Crippen LogP contribution in [-0.4, -0.2) is 47.9 Å². The van der Waals surface area contributed by atoms with Gasteiger partial charge in [-0.05, 0) is 24.1 Å². The Morgan fingerprint density at radius 3 is 2.46 bits per heavy atom. The molecule has 1 atom stereocenters. The van der Waals surface area contributed by atoms with Crippen LogP contribution in [0.25, 0.3) is 0 Å². The van der Waals surface area contributed by atoms with Crippen LogP contribution in [0.5, 0.6) is 0 Å². The summed E-state index contributed by atoms with van der Waals surface area (Å²) in [6, 6.07) is 13.5. The molecule has 0 spiro atoms. The molecule has 1 fully saturated rings. The standard InChI is InChI=1S/C18H22ClN3OS/c19-17-7-6-15(24-17)13-21-8-10-22(11-9-21)18(23)16(20)12-14-4-2-1-3-5-14/h1-7,16H,8-13,20H2/t16-/m0/s1.